The molecule has 1 aromatic heterocycles. The second-order valence-corrected chi connectivity index (χ2v) is 6.10. The predicted octanol–water partition coefficient (Wildman–Crippen LogP) is 1.56. The number of methoxy groups -OCH3 is 1. The highest BCUT2D eigenvalue weighted by molar-refractivity contribution is 9.10. The molecule has 7 nitrogen and oxygen atoms in total. The van der Waals surface area contributed by atoms with Crippen molar-refractivity contribution in [2.75, 3.05) is 17.6 Å². The molecule has 1 aromatic carbocycles. The Hall–Kier alpha value is -1.74. The third-order valence-electron chi connectivity index (χ3n) is 2.34. The summed E-state index contributed by atoms with van der Waals surface area (Å²) in [5, 5.41) is 5.95. The number of halogens is 1. The third kappa shape index (κ3) is 2.82. The summed E-state index contributed by atoms with van der Waals surface area (Å²) in [5.41, 5.74) is 5.85. The van der Waals surface area contributed by atoms with E-state index in [1.54, 1.807) is 18.2 Å². The van der Waals surface area contributed by atoms with E-state index >= 15 is 0 Å². The molecule has 19 heavy (non-hydrogen) atoms. The standard InChI is InChI=1S/C10H11BrN4O3S/c1-18-6-2-3-7(11)8(4-6)15-19(16,17)9-5-13-14-10(9)12/h2-5,15H,1H3,(H3,12,13,14). The van der Waals surface area contributed by atoms with E-state index in [-0.39, 0.29) is 10.7 Å². The quantitative estimate of drug-likeness (QED) is 0.778. The number of ether oxygens (including phenoxy) is 1. The molecule has 0 aliphatic heterocycles. The maximum atomic E-state index is 12.1. The minimum atomic E-state index is -3.80. The van der Waals surface area contributed by atoms with Crippen molar-refractivity contribution in [2.45, 2.75) is 4.90 Å². The zero-order chi connectivity index (χ0) is 14.0. The SMILES string of the molecule is COc1ccc(Br)c(NS(=O)(=O)c2cn[nH]c2N)c1. The Bertz CT molecular complexity index is 699. The van der Waals surface area contributed by atoms with Crippen molar-refractivity contribution in [1.29, 1.82) is 0 Å². The van der Waals surface area contributed by atoms with Crippen LogP contribution in [0.25, 0.3) is 0 Å². The van der Waals surface area contributed by atoms with E-state index in [2.05, 4.69) is 30.8 Å². The summed E-state index contributed by atoms with van der Waals surface area (Å²) in [6.45, 7) is 0. The zero-order valence-electron chi connectivity index (χ0n) is 9.84. The number of aromatic amines is 1. The first kappa shape index (κ1) is 13.7. The minimum Gasteiger partial charge on any atom is -0.497 e. The van der Waals surface area contributed by atoms with Crippen molar-refractivity contribution in [3.8, 4) is 5.75 Å². The number of aromatic nitrogens is 2. The molecule has 0 saturated carbocycles. The summed E-state index contributed by atoms with van der Waals surface area (Å²) in [5.74, 6) is 0.507. The molecule has 9 heteroatoms. The molecule has 0 fully saturated rings. The van der Waals surface area contributed by atoms with Gasteiger partial charge in [0.05, 0.1) is 19.0 Å². The number of nitrogens with two attached hydrogens (primary N) is 1. The van der Waals surface area contributed by atoms with Crippen molar-refractivity contribution in [1.82, 2.24) is 10.2 Å². The number of sulfonamides is 1. The van der Waals surface area contributed by atoms with Crippen LogP contribution in [0.3, 0.4) is 0 Å². The van der Waals surface area contributed by atoms with Gasteiger partial charge in [-0.3, -0.25) is 9.82 Å². The lowest BCUT2D eigenvalue weighted by Gasteiger charge is -2.10. The van der Waals surface area contributed by atoms with Gasteiger partial charge < -0.3 is 10.5 Å². The molecule has 1 heterocycles. The summed E-state index contributed by atoms with van der Waals surface area (Å²) in [7, 11) is -2.31. The van der Waals surface area contributed by atoms with Gasteiger partial charge >= 0.3 is 0 Å². The van der Waals surface area contributed by atoms with E-state index in [0.29, 0.717) is 15.9 Å². The van der Waals surface area contributed by atoms with E-state index < -0.39 is 10.0 Å². The van der Waals surface area contributed by atoms with Gasteiger partial charge in [-0.25, -0.2) is 8.42 Å². The fourth-order valence-electron chi connectivity index (χ4n) is 1.41. The average molecular weight is 347 g/mol. The van der Waals surface area contributed by atoms with Crippen LogP contribution < -0.4 is 15.2 Å². The van der Waals surface area contributed by atoms with Crippen LogP contribution in [0.4, 0.5) is 11.5 Å². The number of nitrogens with zero attached hydrogens (tertiary/aromatic N) is 1. The van der Waals surface area contributed by atoms with Gasteiger partial charge in [-0.15, -0.1) is 0 Å². The molecule has 2 aromatic rings. The lowest BCUT2D eigenvalue weighted by Crippen LogP contribution is -2.14. The smallest absolute Gasteiger partial charge is 0.267 e. The van der Waals surface area contributed by atoms with Gasteiger partial charge in [0.1, 0.15) is 16.5 Å². The van der Waals surface area contributed by atoms with Gasteiger partial charge in [0.15, 0.2) is 0 Å². The number of nitrogens with one attached hydrogen (secondary N) is 2. The normalized spacial score (nSPS) is 11.3. The Balaban J connectivity index is 2.38. The number of hydrogen-bond donors (Lipinski definition) is 3. The molecule has 102 valence electrons. The monoisotopic (exact) mass is 346 g/mol. The number of anilines is 2. The maximum Gasteiger partial charge on any atom is 0.267 e. The minimum absolute atomic E-state index is 0.0217. The van der Waals surface area contributed by atoms with Crippen LogP contribution in [-0.2, 0) is 10.0 Å². The van der Waals surface area contributed by atoms with E-state index in [1.165, 1.54) is 7.11 Å². The highest BCUT2D eigenvalue weighted by atomic mass is 79.9. The Morgan fingerprint density at radius 3 is 2.79 bits per heavy atom. The number of hydrogen-bond acceptors (Lipinski definition) is 5. The van der Waals surface area contributed by atoms with E-state index in [9.17, 15) is 8.42 Å². The van der Waals surface area contributed by atoms with Gasteiger partial charge in [-0.05, 0) is 28.1 Å². The van der Waals surface area contributed by atoms with Gasteiger partial charge in [-0.2, -0.15) is 5.10 Å². The van der Waals surface area contributed by atoms with Crippen LogP contribution in [-0.4, -0.2) is 25.7 Å². The zero-order valence-corrected chi connectivity index (χ0v) is 12.2. The molecular formula is C10H11BrN4O3S. The summed E-state index contributed by atoms with van der Waals surface area (Å²) in [6, 6.07) is 4.93. The maximum absolute atomic E-state index is 12.1. The average Bonchev–Trinajstić information content (AvgIpc) is 2.79. The van der Waals surface area contributed by atoms with Gasteiger partial charge in [0.25, 0.3) is 10.0 Å². The van der Waals surface area contributed by atoms with Crippen molar-refractivity contribution in [3.63, 3.8) is 0 Å². The first-order chi connectivity index (χ1) is 8.94. The summed E-state index contributed by atoms with van der Waals surface area (Å²) in [6.07, 6.45) is 1.14. The molecule has 0 atom stereocenters. The second-order valence-electron chi connectivity index (χ2n) is 3.60. The first-order valence-electron chi connectivity index (χ1n) is 5.09. The van der Waals surface area contributed by atoms with Crippen LogP contribution in [0.15, 0.2) is 33.8 Å². The van der Waals surface area contributed by atoms with Crippen molar-refractivity contribution >= 4 is 37.5 Å². The van der Waals surface area contributed by atoms with E-state index in [4.69, 9.17) is 10.5 Å². The Morgan fingerprint density at radius 1 is 1.47 bits per heavy atom. The second kappa shape index (κ2) is 5.10. The van der Waals surface area contributed by atoms with Crippen molar-refractivity contribution < 1.29 is 13.2 Å². The lowest BCUT2D eigenvalue weighted by molar-refractivity contribution is 0.415. The highest BCUT2D eigenvalue weighted by Crippen LogP contribution is 2.29. The molecule has 0 saturated heterocycles. The number of benzene rings is 1. The Kier molecular flexibility index (Phi) is 3.67. The van der Waals surface area contributed by atoms with Gasteiger partial charge in [0, 0.05) is 10.5 Å². The molecule has 0 bridgehead atoms. The number of H-pyrrole nitrogens is 1. The highest BCUT2D eigenvalue weighted by Gasteiger charge is 2.20. The van der Waals surface area contributed by atoms with E-state index in [0.717, 1.165) is 6.20 Å². The molecular weight excluding hydrogens is 336 g/mol. The topological polar surface area (TPSA) is 110 Å². The van der Waals surface area contributed by atoms with Crippen LogP contribution in [0.5, 0.6) is 5.75 Å². The number of nitrogen functional groups attached to an aromatic ring is 1. The van der Waals surface area contributed by atoms with Gasteiger partial charge in [0.2, 0.25) is 0 Å². The van der Waals surface area contributed by atoms with Crippen LogP contribution >= 0.6 is 15.9 Å². The third-order valence-corrected chi connectivity index (χ3v) is 4.42. The fourth-order valence-corrected chi connectivity index (χ4v) is 2.98. The van der Waals surface area contributed by atoms with Crippen molar-refractivity contribution in [3.05, 3.63) is 28.9 Å². The summed E-state index contributed by atoms with van der Waals surface area (Å²) < 4.78 is 32.3. The molecule has 0 amide bonds. The largest absolute Gasteiger partial charge is 0.497 e. The Labute approximate surface area is 118 Å². The van der Waals surface area contributed by atoms with Gasteiger partial charge in [-0.1, -0.05) is 0 Å². The molecule has 2 rings (SSSR count). The number of rotatable bonds is 4. The fraction of sp³-hybridized carbons (Fsp3) is 0.100. The Morgan fingerprint density at radius 2 is 2.21 bits per heavy atom. The predicted molar refractivity (Wildman–Crippen MR) is 74.5 cm³/mol. The van der Waals surface area contributed by atoms with Crippen LogP contribution in [0.2, 0.25) is 0 Å². The first-order valence-corrected chi connectivity index (χ1v) is 7.37. The molecule has 0 aliphatic rings. The summed E-state index contributed by atoms with van der Waals surface area (Å²) >= 11 is 3.26. The molecule has 4 N–H and O–H groups in total. The molecule has 0 radical (unpaired) electrons. The summed E-state index contributed by atoms with van der Waals surface area (Å²) in [4.78, 5) is -0.109. The van der Waals surface area contributed by atoms with E-state index in [1.807, 2.05) is 0 Å². The molecule has 0 unspecified atom stereocenters. The van der Waals surface area contributed by atoms with Crippen LogP contribution in [0.1, 0.15) is 0 Å². The molecule has 0 spiro atoms. The van der Waals surface area contributed by atoms with Crippen molar-refractivity contribution in [2.24, 2.45) is 0 Å². The lowest BCUT2D eigenvalue weighted by atomic mass is 10.3. The van der Waals surface area contributed by atoms with Crippen LogP contribution in [0, 0.1) is 0 Å². The molecule has 0 aliphatic carbocycles.